The smallest absolute Gasteiger partial charge is 0.325 e. The molecule has 8 heteroatoms. The molecule has 0 unspecified atom stereocenters. The lowest BCUT2D eigenvalue weighted by atomic mass is 9.94. The van der Waals surface area contributed by atoms with Gasteiger partial charge in [-0.2, -0.15) is 0 Å². The van der Waals surface area contributed by atoms with Crippen molar-refractivity contribution in [2.45, 2.75) is 19.3 Å². The molecule has 2 aromatic rings. The Hall–Kier alpha value is -1.69. The molecule has 2 N–H and O–H groups in total. The molecule has 1 aliphatic rings. The zero-order valence-corrected chi connectivity index (χ0v) is 14.5. The third kappa shape index (κ3) is 3.86. The van der Waals surface area contributed by atoms with Gasteiger partial charge in [0.05, 0.1) is 13.3 Å². The Kier molecular flexibility index (Phi) is 5.04. The van der Waals surface area contributed by atoms with Crippen LogP contribution in [-0.4, -0.2) is 46.1 Å². The zero-order chi connectivity index (χ0) is 17.2. The Morgan fingerprint density at radius 3 is 2.71 bits per heavy atom. The van der Waals surface area contributed by atoms with Gasteiger partial charge < -0.3 is 19.4 Å². The number of hydrogen-bond acceptors (Lipinski definition) is 5. The van der Waals surface area contributed by atoms with Gasteiger partial charge in [-0.25, -0.2) is 9.97 Å². The van der Waals surface area contributed by atoms with Gasteiger partial charge in [0.15, 0.2) is 0 Å². The molecule has 0 bridgehead atoms. The van der Waals surface area contributed by atoms with Crippen molar-refractivity contribution in [1.82, 2.24) is 9.97 Å². The molecule has 1 aromatic heterocycles. The number of para-hydroxylation sites is 1. The normalized spacial score (nSPS) is 16.5. The van der Waals surface area contributed by atoms with Crippen molar-refractivity contribution in [3.8, 4) is 5.75 Å². The number of anilines is 1. The van der Waals surface area contributed by atoms with Crippen LogP contribution in [0.25, 0.3) is 10.9 Å². The van der Waals surface area contributed by atoms with Crippen LogP contribution in [0.1, 0.15) is 19.3 Å². The van der Waals surface area contributed by atoms with Gasteiger partial charge in [0.25, 0.3) is 0 Å². The van der Waals surface area contributed by atoms with E-state index in [2.05, 4.69) is 14.9 Å². The summed E-state index contributed by atoms with van der Waals surface area (Å²) in [5.74, 6) is 1.98. The molecule has 0 amide bonds. The summed E-state index contributed by atoms with van der Waals surface area (Å²) in [7, 11) is -2.27. The van der Waals surface area contributed by atoms with Crippen LogP contribution in [0.4, 0.5) is 5.82 Å². The highest BCUT2D eigenvalue weighted by Crippen LogP contribution is 2.38. The molecular weight excluding hydrogens is 329 g/mol. The summed E-state index contributed by atoms with van der Waals surface area (Å²) >= 11 is 0. The number of rotatable bonds is 5. The molecular formula is C16H22N3O4P. The fourth-order valence-electron chi connectivity index (χ4n) is 3.25. The van der Waals surface area contributed by atoms with E-state index in [0.717, 1.165) is 48.4 Å². The molecule has 0 radical (unpaired) electrons. The largest absolute Gasteiger partial charge is 0.494 e. The van der Waals surface area contributed by atoms with Crippen LogP contribution in [0, 0.1) is 5.92 Å². The third-order valence-corrected chi connectivity index (χ3v) is 5.41. The first kappa shape index (κ1) is 17.1. The Bertz CT molecular complexity index is 756. The van der Waals surface area contributed by atoms with E-state index in [-0.39, 0.29) is 6.16 Å². The number of benzene rings is 1. The molecule has 1 aliphatic heterocycles. The first-order valence-corrected chi connectivity index (χ1v) is 9.85. The predicted molar refractivity (Wildman–Crippen MR) is 92.6 cm³/mol. The van der Waals surface area contributed by atoms with Crippen LogP contribution in [0.3, 0.4) is 0 Å². The number of hydrogen-bond donors (Lipinski definition) is 2. The van der Waals surface area contributed by atoms with Crippen molar-refractivity contribution in [2.75, 3.05) is 31.3 Å². The minimum atomic E-state index is -3.90. The number of nitrogens with zero attached hydrogens (tertiary/aromatic N) is 3. The SMILES string of the molecule is COc1cccc2c(N3CCC(CCP(=O)(O)O)CC3)ncnc12. The van der Waals surface area contributed by atoms with Crippen molar-refractivity contribution < 1.29 is 19.1 Å². The molecule has 1 saturated heterocycles. The van der Waals surface area contributed by atoms with E-state index >= 15 is 0 Å². The minimum Gasteiger partial charge on any atom is -0.494 e. The summed E-state index contributed by atoms with van der Waals surface area (Å²) in [5.41, 5.74) is 0.800. The summed E-state index contributed by atoms with van der Waals surface area (Å²) in [6.07, 6.45) is 3.94. The monoisotopic (exact) mass is 351 g/mol. The fraction of sp³-hybridized carbons (Fsp3) is 0.500. The number of methoxy groups -OCH3 is 1. The van der Waals surface area contributed by atoms with Crippen molar-refractivity contribution in [1.29, 1.82) is 0 Å². The molecule has 0 atom stereocenters. The van der Waals surface area contributed by atoms with E-state index in [1.54, 1.807) is 13.4 Å². The second-order valence-corrected chi connectivity index (χ2v) is 7.94. The van der Waals surface area contributed by atoms with Crippen LogP contribution < -0.4 is 9.64 Å². The van der Waals surface area contributed by atoms with E-state index in [0.29, 0.717) is 12.3 Å². The van der Waals surface area contributed by atoms with Crippen LogP contribution in [0.15, 0.2) is 24.5 Å². The minimum absolute atomic E-state index is 0.0225. The van der Waals surface area contributed by atoms with E-state index < -0.39 is 7.60 Å². The molecule has 2 heterocycles. The lowest BCUT2D eigenvalue weighted by Crippen LogP contribution is -2.34. The van der Waals surface area contributed by atoms with Crippen LogP contribution in [0.2, 0.25) is 0 Å². The van der Waals surface area contributed by atoms with E-state index in [1.165, 1.54) is 0 Å². The summed E-state index contributed by atoms with van der Waals surface area (Å²) in [4.78, 5) is 29.0. The summed E-state index contributed by atoms with van der Waals surface area (Å²) < 4.78 is 16.4. The summed E-state index contributed by atoms with van der Waals surface area (Å²) in [5, 5.41) is 0.963. The predicted octanol–water partition coefficient (Wildman–Crippen LogP) is 2.42. The maximum absolute atomic E-state index is 11.0. The second-order valence-electron chi connectivity index (χ2n) is 6.16. The number of ether oxygens (including phenoxy) is 1. The lowest BCUT2D eigenvalue weighted by Gasteiger charge is -2.33. The van der Waals surface area contributed by atoms with Crippen molar-refractivity contribution in [3.63, 3.8) is 0 Å². The molecule has 3 rings (SSSR count). The lowest BCUT2D eigenvalue weighted by molar-refractivity contribution is 0.350. The molecule has 1 aromatic carbocycles. The molecule has 0 aliphatic carbocycles. The van der Waals surface area contributed by atoms with Crippen molar-refractivity contribution in [3.05, 3.63) is 24.5 Å². The Morgan fingerprint density at radius 1 is 1.29 bits per heavy atom. The molecule has 0 saturated carbocycles. The topological polar surface area (TPSA) is 95.8 Å². The van der Waals surface area contributed by atoms with Gasteiger partial charge in [-0.05, 0) is 37.3 Å². The highest BCUT2D eigenvalue weighted by atomic mass is 31.2. The van der Waals surface area contributed by atoms with E-state index in [4.69, 9.17) is 14.5 Å². The quantitative estimate of drug-likeness (QED) is 0.799. The van der Waals surface area contributed by atoms with Crippen molar-refractivity contribution >= 4 is 24.3 Å². The highest BCUT2D eigenvalue weighted by molar-refractivity contribution is 7.51. The van der Waals surface area contributed by atoms with Gasteiger partial charge in [0.2, 0.25) is 0 Å². The average Bonchev–Trinajstić information content (AvgIpc) is 2.59. The van der Waals surface area contributed by atoms with Crippen LogP contribution in [-0.2, 0) is 4.57 Å². The zero-order valence-electron chi connectivity index (χ0n) is 13.6. The first-order valence-electron chi connectivity index (χ1n) is 8.05. The van der Waals surface area contributed by atoms with Gasteiger partial charge >= 0.3 is 7.60 Å². The summed E-state index contributed by atoms with van der Waals surface area (Å²) in [6.45, 7) is 1.66. The maximum Gasteiger partial charge on any atom is 0.325 e. The van der Waals surface area contributed by atoms with E-state index in [9.17, 15) is 4.57 Å². The fourth-order valence-corrected chi connectivity index (χ4v) is 3.95. The molecule has 24 heavy (non-hydrogen) atoms. The number of aromatic nitrogens is 2. The van der Waals surface area contributed by atoms with Crippen LogP contribution >= 0.6 is 7.60 Å². The van der Waals surface area contributed by atoms with Gasteiger partial charge in [-0.3, -0.25) is 4.57 Å². The maximum atomic E-state index is 11.0. The Morgan fingerprint density at radius 2 is 2.04 bits per heavy atom. The third-order valence-electron chi connectivity index (χ3n) is 4.57. The molecule has 7 nitrogen and oxygen atoms in total. The van der Waals surface area contributed by atoms with Gasteiger partial charge in [-0.1, -0.05) is 6.07 Å². The number of piperidine rings is 1. The van der Waals surface area contributed by atoms with Crippen LogP contribution in [0.5, 0.6) is 5.75 Å². The van der Waals surface area contributed by atoms with Gasteiger partial charge in [0.1, 0.15) is 23.4 Å². The van der Waals surface area contributed by atoms with Crippen molar-refractivity contribution in [2.24, 2.45) is 5.92 Å². The Balaban J connectivity index is 1.73. The first-order chi connectivity index (χ1) is 11.5. The molecule has 130 valence electrons. The van der Waals surface area contributed by atoms with Gasteiger partial charge in [0, 0.05) is 18.5 Å². The Labute approximate surface area is 140 Å². The highest BCUT2D eigenvalue weighted by Gasteiger charge is 2.24. The average molecular weight is 351 g/mol. The van der Waals surface area contributed by atoms with E-state index in [1.807, 2.05) is 18.2 Å². The van der Waals surface area contributed by atoms with Gasteiger partial charge in [-0.15, -0.1) is 0 Å². The molecule has 0 spiro atoms. The summed E-state index contributed by atoms with van der Waals surface area (Å²) in [6, 6.07) is 5.81. The second kappa shape index (κ2) is 7.05. The number of fused-ring (bicyclic) bond motifs is 1. The standard InChI is InChI=1S/C16H22N3O4P/c1-23-14-4-2-3-13-15(14)17-11-18-16(13)19-8-5-12(6-9-19)7-10-24(20,21)22/h2-4,11-12H,5-10H2,1H3,(H2,20,21,22). The molecule has 1 fully saturated rings.